The third-order valence-corrected chi connectivity index (χ3v) is 3.43. The molecule has 0 aromatic carbocycles. The average molecular weight is 238 g/mol. The molecule has 90 valence electrons. The first-order valence-electron chi connectivity index (χ1n) is 5.30. The fourth-order valence-electron chi connectivity index (χ4n) is 1.05. The molecule has 0 aromatic heterocycles. The summed E-state index contributed by atoms with van der Waals surface area (Å²) in [5, 5.41) is 0. The largest absolute Gasteiger partial charge is 0.353 e. The first-order valence-corrected chi connectivity index (χ1v) is 6.91. The van der Waals surface area contributed by atoms with Crippen molar-refractivity contribution in [1.82, 2.24) is 0 Å². The molecule has 0 amide bonds. The van der Waals surface area contributed by atoms with Gasteiger partial charge < -0.3 is 9.05 Å². The van der Waals surface area contributed by atoms with Crippen molar-refractivity contribution in [2.45, 2.75) is 39.8 Å². The van der Waals surface area contributed by atoms with Crippen molar-refractivity contribution < 1.29 is 18.0 Å². The molecular formula is C10H20FO3P. The maximum atomic E-state index is 13.1. The van der Waals surface area contributed by atoms with E-state index in [4.69, 9.17) is 9.05 Å². The highest BCUT2D eigenvalue weighted by molar-refractivity contribution is 7.57. The summed E-state index contributed by atoms with van der Waals surface area (Å²) < 4.78 is 34.9. The zero-order valence-electron chi connectivity index (χ0n) is 9.61. The zero-order valence-corrected chi connectivity index (χ0v) is 10.5. The summed E-state index contributed by atoms with van der Waals surface area (Å²) in [6, 6.07) is 0. The molecule has 1 atom stereocenters. The Morgan fingerprint density at radius 1 is 1.27 bits per heavy atom. The predicted molar refractivity (Wildman–Crippen MR) is 59.8 cm³/mol. The maximum absolute atomic E-state index is 13.1. The van der Waals surface area contributed by atoms with Gasteiger partial charge in [-0.2, -0.15) is 0 Å². The van der Waals surface area contributed by atoms with Gasteiger partial charge in [0.15, 0.2) is 0 Å². The van der Waals surface area contributed by atoms with E-state index in [0.29, 0.717) is 6.42 Å². The Kier molecular flexibility index (Phi) is 7.93. The van der Waals surface area contributed by atoms with Gasteiger partial charge in [-0.3, -0.25) is 4.57 Å². The van der Waals surface area contributed by atoms with Crippen LogP contribution in [0.25, 0.3) is 0 Å². The Morgan fingerprint density at radius 2 is 1.80 bits per heavy atom. The molecule has 0 radical (unpaired) electrons. The fraction of sp³-hybridized carbons (Fsp3) is 0.800. The lowest BCUT2D eigenvalue weighted by molar-refractivity contribution is 0.228. The number of rotatable bonds is 8. The van der Waals surface area contributed by atoms with E-state index in [1.165, 1.54) is 11.9 Å². The van der Waals surface area contributed by atoms with E-state index in [1.807, 2.05) is 6.92 Å². The number of alkyl halides is 1. The molecule has 15 heavy (non-hydrogen) atoms. The smallest absolute Gasteiger partial charge is 0.306 e. The lowest BCUT2D eigenvalue weighted by Crippen LogP contribution is -1.96. The van der Waals surface area contributed by atoms with Crippen LogP contribution in [0.1, 0.15) is 33.6 Å². The summed E-state index contributed by atoms with van der Waals surface area (Å²) in [4.78, 5) is 0. The Hall–Kier alpha value is -0.180. The van der Waals surface area contributed by atoms with Crippen LogP contribution in [0.15, 0.2) is 11.9 Å². The minimum atomic E-state index is -3.22. The summed E-state index contributed by atoms with van der Waals surface area (Å²) >= 11 is 0. The lowest BCUT2D eigenvalue weighted by Gasteiger charge is -2.12. The van der Waals surface area contributed by atoms with Crippen LogP contribution in [-0.4, -0.2) is 19.4 Å². The molecule has 0 saturated heterocycles. The van der Waals surface area contributed by atoms with Gasteiger partial charge >= 0.3 is 7.60 Å². The van der Waals surface area contributed by atoms with Crippen LogP contribution in [-0.2, 0) is 13.6 Å². The SMILES string of the molecule is CCCC(F)/C=C/P(=O)(OCC)OCC. The summed E-state index contributed by atoms with van der Waals surface area (Å²) in [5.41, 5.74) is 0. The van der Waals surface area contributed by atoms with E-state index in [9.17, 15) is 8.96 Å². The van der Waals surface area contributed by atoms with Crippen LogP contribution in [0.2, 0.25) is 0 Å². The van der Waals surface area contributed by atoms with Crippen LogP contribution in [0, 0.1) is 0 Å². The van der Waals surface area contributed by atoms with Gasteiger partial charge in [0.25, 0.3) is 0 Å². The second-order valence-corrected chi connectivity index (χ2v) is 4.92. The van der Waals surface area contributed by atoms with Gasteiger partial charge in [-0.15, -0.1) is 0 Å². The third kappa shape index (κ3) is 6.82. The molecule has 1 unspecified atom stereocenters. The lowest BCUT2D eigenvalue weighted by atomic mass is 10.2. The molecule has 0 aliphatic heterocycles. The molecule has 5 heteroatoms. The van der Waals surface area contributed by atoms with Crippen LogP contribution in [0.4, 0.5) is 4.39 Å². The molecule has 0 aromatic rings. The van der Waals surface area contributed by atoms with Crippen molar-refractivity contribution in [3.05, 3.63) is 11.9 Å². The van der Waals surface area contributed by atoms with Crippen molar-refractivity contribution in [3.8, 4) is 0 Å². The summed E-state index contributed by atoms with van der Waals surface area (Å²) in [6.07, 6.45) is 1.35. The maximum Gasteiger partial charge on any atom is 0.353 e. The summed E-state index contributed by atoms with van der Waals surface area (Å²) in [5.74, 6) is 1.22. The Morgan fingerprint density at radius 3 is 2.20 bits per heavy atom. The Labute approximate surface area is 91.2 Å². The highest BCUT2D eigenvalue weighted by atomic mass is 31.2. The number of allylic oxidation sites excluding steroid dienone is 1. The molecule has 0 rings (SSSR count). The van der Waals surface area contributed by atoms with E-state index in [1.54, 1.807) is 13.8 Å². The fourth-order valence-corrected chi connectivity index (χ4v) is 2.42. The molecule has 0 aliphatic carbocycles. The second-order valence-electron chi connectivity index (χ2n) is 3.02. The normalized spacial score (nSPS) is 14.7. The quantitative estimate of drug-likeness (QED) is 0.601. The molecule has 0 heterocycles. The number of halogens is 1. The first-order chi connectivity index (χ1) is 7.08. The Bertz CT molecular complexity index is 221. The minimum absolute atomic E-state index is 0.284. The van der Waals surface area contributed by atoms with Crippen molar-refractivity contribution in [3.63, 3.8) is 0 Å². The van der Waals surface area contributed by atoms with Gasteiger partial charge in [0.05, 0.1) is 13.2 Å². The third-order valence-electron chi connectivity index (χ3n) is 1.66. The summed E-state index contributed by atoms with van der Waals surface area (Å²) in [7, 11) is -3.22. The van der Waals surface area contributed by atoms with Crippen molar-refractivity contribution in [1.29, 1.82) is 0 Å². The van der Waals surface area contributed by atoms with Gasteiger partial charge in [0.2, 0.25) is 0 Å². The molecule has 3 nitrogen and oxygen atoms in total. The predicted octanol–water partition coefficient (Wildman–Crippen LogP) is 3.90. The van der Waals surface area contributed by atoms with Crippen LogP contribution in [0.3, 0.4) is 0 Å². The molecule has 0 N–H and O–H groups in total. The van der Waals surface area contributed by atoms with Crippen LogP contribution >= 0.6 is 7.60 Å². The molecule has 0 fully saturated rings. The van der Waals surface area contributed by atoms with Crippen molar-refractivity contribution >= 4 is 7.60 Å². The molecule has 0 saturated carbocycles. The van der Waals surface area contributed by atoms with Gasteiger partial charge in [-0.25, -0.2) is 4.39 Å². The van der Waals surface area contributed by atoms with Gasteiger partial charge in [0.1, 0.15) is 6.17 Å². The van der Waals surface area contributed by atoms with E-state index in [-0.39, 0.29) is 13.2 Å². The molecule has 0 bridgehead atoms. The van der Waals surface area contributed by atoms with E-state index < -0.39 is 13.8 Å². The van der Waals surface area contributed by atoms with E-state index >= 15 is 0 Å². The van der Waals surface area contributed by atoms with Crippen LogP contribution < -0.4 is 0 Å². The van der Waals surface area contributed by atoms with Gasteiger partial charge in [0, 0.05) is 5.82 Å². The molecular weight excluding hydrogens is 218 g/mol. The molecule has 0 aliphatic rings. The average Bonchev–Trinajstić information content (AvgIpc) is 2.16. The standard InChI is InChI=1S/C10H20FO3P/c1-4-7-10(11)8-9-15(12,13-5-2)14-6-3/h8-10H,4-7H2,1-3H3/b9-8+. The number of hydrogen-bond acceptors (Lipinski definition) is 3. The van der Waals surface area contributed by atoms with Gasteiger partial charge in [-0.05, 0) is 26.3 Å². The van der Waals surface area contributed by atoms with E-state index in [2.05, 4.69) is 0 Å². The highest BCUT2D eigenvalue weighted by Crippen LogP contribution is 2.49. The molecule has 0 spiro atoms. The van der Waals surface area contributed by atoms with Crippen molar-refractivity contribution in [2.24, 2.45) is 0 Å². The van der Waals surface area contributed by atoms with Crippen LogP contribution in [0.5, 0.6) is 0 Å². The second kappa shape index (κ2) is 8.03. The number of hydrogen-bond donors (Lipinski definition) is 0. The summed E-state index contributed by atoms with van der Waals surface area (Å²) in [6.45, 7) is 5.90. The van der Waals surface area contributed by atoms with Gasteiger partial charge in [-0.1, -0.05) is 13.3 Å². The Balaban J connectivity index is 4.32. The topological polar surface area (TPSA) is 35.5 Å². The first kappa shape index (κ1) is 14.8. The van der Waals surface area contributed by atoms with Crippen molar-refractivity contribution in [2.75, 3.05) is 13.2 Å². The minimum Gasteiger partial charge on any atom is -0.306 e. The zero-order chi connectivity index (χ0) is 11.7. The highest BCUT2D eigenvalue weighted by Gasteiger charge is 2.19. The van der Waals surface area contributed by atoms with E-state index in [0.717, 1.165) is 6.42 Å². The monoisotopic (exact) mass is 238 g/mol.